The number of anilines is 1. The molecule has 5 nitrogen and oxygen atoms in total. The molecule has 0 saturated carbocycles. The monoisotopic (exact) mass is 430 g/mol. The number of carbonyl (C=O) groups excluding carboxylic acids is 2. The van der Waals surface area contributed by atoms with Gasteiger partial charge in [0.05, 0.1) is 5.02 Å². The summed E-state index contributed by atoms with van der Waals surface area (Å²) < 4.78 is 7.50. The van der Waals surface area contributed by atoms with Gasteiger partial charge >= 0.3 is 0 Å². The third kappa shape index (κ3) is 4.47. The molecule has 3 rings (SSSR count). The van der Waals surface area contributed by atoms with Crippen molar-refractivity contribution in [2.24, 2.45) is 7.05 Å². The standard InChI is InChI=1S/C22H20Cl2N2O3/c1-4-13(2)22(28)16-6-8-18(21(24)20(16)23)29-12-19(27)25-15-5-7-17-14(11-15)9-10-26(17)3/h5-11H,2,4,12H2,1,3H3,(H,25,27). The number of ether oxygens (including phenoxy) is 1. The number of ketones is 1. The van der Waals surface area contributed by atoms with E-state index in [0.29, 0.717) is 17.7 Å². The molecule has 0 spiro atoms. The largest absolute Gasteiger partial charge is 0.482 e. The van der Waals surface area contributed by atoms with Gasteiger partial charge in [-0.25, -0.2) is 0 Å². The summed E-state index contributed by atoms with van der Waals surface area (Å²) in [6.45, 7) is 5.31. The molecule has 3 aromatic rings. The van der Waals surface area contributed by atoms with E-state index < -0.39 is 0 Å². The van der Waals surface area contributed by atoms with Crippen molar-refractivity contribution >= 4 is 51.5 Å². The number of halogens is 2. The first kappa shape index (κ1) is 21.0. The fraction of sp³-hybridized carbons (Fsp3) is 0.182. The number of allylic oxidation sites excluding steroid dienone is 1. The van der Waals surface area contributed by atoms with Gasteiger partial charge in [-0.1, -0.05) is 36.7 Å². The first-order chi connectivity index (χ1) is 13.8. The SMILES string of the molecule is C=C(CC)C(=O)c1ccc(OCC(=O)Nc2ccc3c(ccn3C)c2)c(Cl)c1Cl. The summed E-state index contributed by atoms with van der Waals surface area (Å²) in [6.07, 6.45) is 2.47. The molecule has 0 aliphatic heterocycles. The van der Waals surface area contributed by atoms with Crippen LogP contribution in [0.1, 0.15) is 23.7 Å². The molecule has 1 heterocycles. The topological polar surface area (TPSA) is 60.3 Å². The van der Waals surface area contributed by atoms with Gasteiger partial charge in [0.15, 0.2) is 12.4 Å². The van der Waals surface area contributed by atoms with Crippen LogP contribution in [0.3, 0.4) is 0 Å². The van der Waals surface area contributed by atoms with Gasteiger partial charge in [-0.2, -0.15) is 0 Å². The first-order valence-corrected chi connectivity index (χ1v) is 9.75. The number of benzene rings is 2. The van der Waals surface area contributed by atoms with Crippen LogP contribution in [0.2, 0.25) is 10.0 Å². The van der Waals surface area contributed by atoms with Crippen LogP contribution in [-0.2, 0) is 11.8 Å². The van der Waals surface area contributed by atoms with E-state index in [4.69, 9.17) is 27.9 Å². The lowest BCUT2D eigenvalue weighted by atomic mass is 10.0. The average molecular weight is 431 g/mol. The fourth-order valence-corrected chi connectivity index (χ4v) is 3.33. The van der Waals surface area contributed by atoms with E-state index >= 15 is 0 Å². The Labute approximate surface area is 178 Å². The number of hydrogen-bond donors (Lipinski definition) is 1. The predicted molar refractivity (Wildman–Crippen MR) is 117 cm³/mol. The minimum Gasteiger partial charge on any atom is -0.482 e. The van der Waals surface area contributed by atoms with Crippen molar-refractivity contribution in [2.45, 2.75) is 13.3 Å². The van der Waals surface area contributed by atoms with Crippen molar-refractivity contribution in [1.29, 1.82) is 0 Å². The molecule has 0 saturated heterocycles. The number of carbonyl (C=O) groups is 2. The Bertz CT molecular complexity index is 1120. The summed E-state index contributed by atoms with van der Waals surface area (Å²) >= 11 is 12.4. The summed E-state index contributed by atoms with van der Waals surface area (Å²) in [5.74, 6) is -0.379. The van der Waals surface area contributed by atoms with Gasteiger partial charge in [0.25, 0.3) is 5.91 Å². The summed E-state index contributed by atoms with van der Waals surface area (Å²) in [5, 5.41) is 3.97. The molecule has 0 radical (unpaired) electrons. The third-order valence-corrected chi connectivity index (χ3v) is 5.43. The lowest BCUT2D eigenvalue weighted by Gasteiger charge is -2.12. The van der Waals surface area contributed by atoms with Crippen LogP contribution >= 0.6 is 23.2 Å². The number of rotatable bonds is 7. The molecule has 1 N–H and O–H groups in total. The van der Waals surface area contributed by atoms with E-state index in [1.807, 2.05) is 49.0 Å². The van der Waals surface area contributed by atoms with Gasteiger partial charge < -0.3 is 14.6 Å². The highest BCUT2D eigenvalue weighted by Gasteiger charge is 2.18. The van der Waals surface area contributed by atoms with E-state index in [9.17, 15) is 9.59 Å². The van der Waals surface area contributed by atoms with Gasteiger partial charge in [0.1, 0.15) is 10.8 Å². The molecule has 2 aromatic carbocycles. The Hall–Kier alpha value is -2.76. The third-order valence-electron chi connectivity index (χ3n) is 4.57. The molecular formula is C22H20Cl2N2O3. The molecule has 29 heavy (non-hydrogen) atoms. The molecule has 0 aliphatic rings. The molecule has 0 bridgehead atoms. The van der Waals surface area contributed by atoms with Crippen molar-refractivity contribution in [3.8, 4) is 5.75 Å². The second-order valence-corrected chi connectivity index (χ2v) is 7.32. The Kier molecular flexibility index (Phi) is 6.30. The van der Waals surface area contributed by atoms with E-state index in [1.54, 1.807) is 0 Å². The smallest absolute Gasteiger partial charge is 0.262 e. The van der Waals surface area contributed by atoms with Gasteiger partial charge in [-0.3, -0.25) is 9.59 Å². The van der Waals surface area contributed by atoms with Crippen LogP contribution in [0.15, 0.2) is 54.7 Å². The summed E-state index contributed by atoms with van der Waals surface area (Å²) in [6, 6.07) is 10.7. The molecule has 0 atom stereocenters. The maximum atomic E-state index is 12.3. The maximum absolute atomic E-state index is 12.3. The minimum absolute atomic E-state index is 0.0821. The highest BCUT2D eigenvalue weighted by Crippen LogP contribution is 2.35. The van der Waals surface area contributed by atoms with Crippen LogP contribution in [0.4, 0.5) is 5.69 Å². The van der Waals surface area contributed by atoms with Crippen molar-refractivity contribution in [2.75, 3.05) is 11.9 Å². The molecule has 0 aliphatic carbocycles. The number of nitrogens with zero attached hydrogens (tertiary/aromatic N) is 1. The van der Waals surface area contributed by atoms with Crippen molar-refractivity contribution in [3.05, 3.63) is 70.4 Å². The van der Waals surface area contributed by atoms with E-state index in [0.717, 1.165) is 10.9 Å². The van der Waals surface area contributed by atoms with Crippen molar-refractivity contribution < 1.29 is 14.3 Å². The Morgan fingerprint density at radius 1 is 1.14 bits per heavy atom. The number of nitrogens with one attached hydrogen (secondary N) is 1. The predicted octanol–water partition coefficient (Wildman–Crippen LogP) is 5.65. The summed E-state index contributed by atoms with van der Waals surface area (Å²) in [5.41, 5.74) is 2.43. The quantitative estimate of drug-likeness (QED) is 0.388. The number of aryl methyl sites for hydroxylation is 1. The Morgan fingerprint density at radius 2 is 1.90 bits per heavy atom. The summed E-state index contributed by atoms with van der Waals surface area (Å²) in [7, 11) is 1.96. The van der Waals surface area contributed by atoms with Crippen LogP contribution in [0.5, 0.6) is 5.75 Å². The number of aromatic nitrogens is 1. The molecular weight excluding hydrogens is 411 g/mol. The van der Waals surface area contributed by atoms with Gasteiger partial charge in [-0.05, 0) is 48.4 Å². The molecule has 150 valence electrons. The number of fused-ring (bicyclic) bond motifs is 1. The number of amides is 1. The van der Waals surface area contributed by atoms with Crippen LogP contribution in [0, 0.1) is 0 Å². The lowest BCUT2D eigenvalue weighted by molar-refractivity contribution is -0.118. The molecule has 1 aromatic heterocycles. The van der Waals surface area contributed by atoms with Crippen LogP contribution in [0.25, 0.3) is 10.9 Å². The van der Waals surface area contributed by atoms with Gasteiger partial charge in [0.2, 0.25) is 0 Å². The zero-order chi connectivity index (χ0) is 21.1. The first-order valence-electron chi connectivity index (χ1n) is 9.00. The van der Waals surface area contributed by atoms with Crippen molar-refractivity contribution in [1.82, 2.24) is 4.57 Å². The maximum Gasteiger partial charge on any atom is 0.262 e. The summed E-state index contributed by atoms with van der Waals surface area (Å²) in [4.78, 5) is 24.5. The lowest BCUT2D eigenvalue weighted by Crippen LogP contribution is -2.20. The highest BCUT2D eigenvalue weighted by molar-refractivity contribution is 6.45. The molecule has 0 fully saturated rings. The zero-order valence-electron chi connectivity index (χ0n) is 16.1. The van der Waals surface area contributed by atoms with Gasteiger partial charge in [-0.15, -0.1) is 0 Å². The molecule has 1 amide bonds. The van der Waals surface area contributed by atoms with Crippen LogP contribution < -0.4 is 10.1 Å². The normalized spacial score (nSPS) is 10.8. The second-order valence-electron chi connectivity index (χ2n) is 6.56. The van der Waals surface area contributed by atoms with Gasteiger partial charge in [0, 0.05) is 35.4 Å². The van der Waals surface area contributed by atoms with E-state index in [1.165, 1.54) is 12.1 Å². The molecule has 0 unspecified atom stereocenters. The van der Waals surface area contributed by atoms with Crippen LogP contribution in [-0.4, -0.2) is 22.9 Å². The van der Waals surface area contributed by atoms with E-state index in [2.05, 4.69) is 11.9 Å². The Balaban J connectivity index is 1.67. The minimum atomic E-state index is -0.341. The fourth-order valence-electron chi connectivity index (χ4n) is 2.87. The second kappa shape index (κ2) is 8.72. The highest BCUT2D eigenvalue weighted by atomic mass is 35.5. The average Bonchev–Trinajstić information content (AvgIpc) is 3.08. The van der Waals surface area contributed by atoms with E-state index in [-0.39, 0.29) is 39.7 Å². The Morgan fingerprint density at radius 3 is 2.62 bits per heavy atom. The zero-order valence-corrected chi connectivity index (χ0v) is 17.6. The van der Waals surface area contributed by atoms with Crippen molar-refractivity contribution in [3.63, 3.8) is 0 Å². The number of hydrogen-bond acceptors (Lipinski definition) is 3. The number of Topliss-reactive ketones (excluding diaryl/α,β-unsaturated/α-hetero) is 1. The molecule has 7 heteroatoms.